The van der Waals surface area contributed by atoms with Gasteiger partial charge in [0.2, 0.25) is 6.08 Å². The normalized spacial score (nSPS) is 9.46. The van der Waals surface area contributed by atoms with Gasteiger partial charge in [-0.3, -0.25) is 0 Å². The topological polar surface area (TPSA) is 29.4 Å². The molecular weight excluding hydrogens is 209 g/mol. The van der Waals surface area contributed by atoms with Crippen LogP contribution < -0.4 is 0 Å². The van der Waals surface area contributed by atoms with E-state index in [9.17, 15) is 4.79 Å². The summed E-state index contributed by atoms with van der Waals surface area (Å²) in [6.07, 6.45) is 2.19. The van der Waals surface area contributed by atoms with Gasteiger partial charge in [0.05, 0.1) is 10.7 Å². The Hall–Kier alpha value is -0.820. The van der Waals surface area contributed by atoms with Crippen molar-refractivity contribution in [3.8, 4) is 0 Å². The predicted octanol–water partition coefficient (Wildman–Crippen LogP) is 3.52. The van der Waals surface area contributed by atoms with Gasteiger partial charge in [0.25, 0.3) is 0 Å². The Bertz CT molecular complexity index is 370. The molecule has 0 fully saturated rings. The molecule has 1 rings (SSSR count). The minimum absolute atomic E-state index is 0.382. The van der Waals surface area contributed by atoms with E-state index >= 15 is 0 Å². The Labute approximate surface area is 86.2 Å². The molecule has 0 aliphatic rings. The number of hydrogen-bond acceptors (Lipinski definition) is 2. The monoisotopic (exact) mass is 215 g/mol. The van der Waals surface area contributed by atoms with E-state index < -0.39 is 0 Å². The summed E-state index contributed by atoms with van der Waals surface area (Å²) in [5.41, 5.74) is 1.31. The molecule has 0 heterocycles. The summed E-state index contributed by atoms with van der Waals surface area (Å²) >= 11 is 11.6. The van der Waals surface area contributed by atoms with Gasteiger partial charge in [0.15, 0.2) is 0 Å². The number of carbonyl (C=O) groups excluding carboxylic acids is 1. The Kier molecular flexibility index (Phi) is 3.49. The number of rotatable bonds is 2. The molecule has 0 saturated carbocycles. The van der Waals surface area contributed by atoms with Gasteiger partial charge in [0, 0.05) is 5.02 Å². The molecular formula is C9H7Cl2NO. The SMILES string of the molecule is CCc1cc(Cl)cc(Cl)c1N=C=O. The Balaban J connectivity index is 3.37. The van der Waals surface area contributed by atoms with Crippen molar-refractivity contribution in [1.82, 2.24) is 0 Å². The van der Waals surface area contributed by atoms with E-state index in [1.165, 1.54) is 6.08 Å². The van der Waals surface area contributed by atoms with Crippen molar-refractivity contribution < 1.29 is 4.79 Å². The minimum Gasteiger partial charge on any atom is -0.211 e. The summed E-state index contributed by atoms with van der Waals surface area (Å²) in [6.45, 7) is 1.94. The maximum atomic E-state index is 10.1. The standard InChI is InChI=1S/C9H7Cl2NO/c1-2-6-3-7(10)4-8(11)9(6)12-5-13/h3-4H,2H2,1H3. The number of hydrogen-bond donors (Lipinski definition) is 0. The van der Waals surface area contributed by atoms with Gasteiger partial charge in [0.1, 0.15) is 0 Å². The van der Waals surface area contributed by atoms with Crippen LogP contribution in [-0.4, -0.2) is 6.08 Å². The minimum atomic E-state index is 0.382. The molecule has 0 aromatic heterocycles. The third-order valence-electron chi connectivity index (χ3n) is 1.65. The first-order valence-corrected chi connectivity index (χ1v) is 4.50. The van der Waals surface area contributed by atoms with E-state index in [1.54, 1.807) is 12.1 Å². The largest absolute Gasteiger partial charge is 0.240 e. The van der Waals surface area contributed by atoms with Crippen LogP contribution in [0.25, 0.3) is 0 Å². The van der Waals surface area contributed by atoms with Crippen molar-refractivity contribution in [3.63, 3.8) is 0 Å². The molecule has 0 spiro atoms. The van der Waals surface area contributed by atoms with E-state index in [0.717, 1.165) is 12.0 Å². The van der Waals surface area contributed by atoms with Crippen LogP contribution in [0.1, 0.15) is 12.5 Å². The van der Waals surface area contributed by atoms with Crippen molar-refractivity contribution in [2.75, 3.05) is 0 Å². The van der Waals surface area contributed by atoms with Crippen molar-refractivity contribution >= 4 is 35.0 Å². The molecule has 0 unspecified atom stereocenters. The molecule has 0 aliphatic carbocycles. The summed E-state index contributed by atoms with van der Waals surface area (Å²) < 4.78 is 0. The van der Waals surface area contributed by atoms with Crippen molar-refractivity contribution in [2.24, 2.45) is 4.99 Å². The van der Waals surface area contributed by atoms with Gasteiger partial charge < -0.3 is 0 Å². The highest BCUT2D eigenvalue weighted by Gasteiger charge is 2.06. The quantitative estimate of drug-likeness (QED) is 0.549. The first-order chi connectivity index (χ1) is 6.19. The van der Waals surface area contributed by atoms with Crippen LogP contribution in [0.15, 0.2) is 17.1 Å². The summed E-state index contributed by atoms with van der Waals surface area (Å²) in [5, 5.41) is 0.930. The summed E-state index contributed by atoms with van der Waals surface area (Å²) in [4.78, 5) is 13.6. The van der Waals surface area contributed by atoms with E-state index in [1.807, 2.05) is 6.92 Å². The summed E-state index contributed by atoms with van der Waals surface area (Å²) in [5.74, 6) is 0. The molecule has 0 N–H and O–H groups in total. The van der Waals surface area contributed by atoms with Crippen LogP contribution in [0.4, 0.5) is 5.69 Å². The number of halogens is 2. The number of benzene rings is 1. The molecule has 0 aliphatic heterocycles. The van der Waals surface area contributed by atoms with Crippen molar-refractivity contribution in [2.45, 2.75) is 13.3 Å². The number of aryl methyl sites for hydroxylation is 1. The first kappa shape index (κ1) is 10.3. The van der Waals surface area contributed by atoms with E-state index in [-0.39, 0.29) is 0 Å². The van der Waals surface area contributed by atoms with Gasteiger partial charge in [-0.2, -0.15) is 4.99 Å². The molecule has 13 heavy (non-hydrogen) atoms. The predicted molar refractivity (Wildman–Crippen MR) is 53.6 cm³/mol. The third-order valence-corrected chi connectivity index (χ3v) is 2.15. The van der Waals surface area contributed by atoms with E-state index in [4.69, 9.17) is 23.2 Å². The zero-order valence-corrected chi connectivity index (χ0v) is 8.49. The average molecular weight is 216 g/mol. The Morgan fingerprint density at radius 2 is 2.15 bits per heavy atom. The van der Waals surface area contributed by atoms with Crippen LogP contribution in [0.2, 0.25) is 10.0 Å². The highest BCUT2D eigenvalue weighted by molar-refractivity contribution is 6.36. The molecule has 0 radical (unpaired) electrons. The highest BCUT2D eigenvalue weighted by atomic mass is 35.5. The van der Waals surface area contributed by atoms with Crippen LogP contribution in [-0.2, 0) is 11.2 Å². The molecule has 0 saturated heterocycles. The molecule has 68 valence electrons. The van der Waals surface area contributed by atoms with Gasteiger partial charge in [-0.1, -0.05) is 30.1 Å². The van der Waals surface area contributed by atoms with Gasteiger partial charge >= 0.3 is 0 Å². The fraction of sp³-hybridized carbons (Fsp3) is 0.222. The highest BCUT2D eigenvalue weighted by Crippen LogP contribution is 2.32. The van der Waals surface area contributed by atoms with E-state index in [0.29, 0.717) is 15.7 Å². The molecule has 0 atom stereocenters. The van der Waals surface area contributed by atoms with E-state index in [2.05, 4.69) is 4.99 Å². The number of nitrogens with zero attached hydrogens (tertiary/aromatic N) is 1. The summed E-state index contributed by atoms with van der Waals surface area (Å²) in [6, 6.07) is 3.29. The Morgan fingerprint density at radius 3 is 2.69 bits per heavy atom. The molecule has 0 bridgehead atoms. The Morgan fingerprint density at radius 1 is 1.46 bits per heavy atom. The average Bonchev–Trinajstić information content (AvgIpc) is 2.09. The van der Waals surface area contributed by atoms with Crippen molar-refractivity contribution in [3.05, 3.63) is 27.7 Å². The lowest BCUT2D eigenvalue weighted by Crippen LogP contribution is -1.82. The lowest BCUT2D eigenvalue weighted by molar-refractivity contribution is 0.565. The second-order valence-corrected chi connectivity index (χ2v) is 3.30. The fourth-order valence-electron chi connectivity index (χ4n) is 1.06. The molecule has 2 nitrogen and oxygen atoms in total. The van der Waals surface area contributed by atoms with Gasteiger partial charge in [-0.05, 0) is 24.1 Å². The van der Waals surface area contributed by atoms with Crippen molar-refractivity contribution in [1.29, 1.82) is 0 Å². The zero-order valence-electron chi connectivity index (χ0n) is 6.97. The van der Waals surface area contributed by atoms with Crippen LogP contribution >= 0.6 is 23.2 Å². The lowest BCUT2D eigenvalue weighted by Gasteiger charge is -2.03. The van der Waals surface area contributed by atoms with Crippen LogP contribution in [0, 0.1) is 0 Å². The fourth-order valence-corrected chi connectivity index (χ4v) is 1.64. The maximum Gasteiger partial charge on any atom is 0.240 e. The molecule has 1 aromatic carbocycles. The second-order valence-electron chi connectivity index (χ2n) is 2.45. The maximum absolute atomic E-state index is 10.1. The zero-order chi connectivity index (χ0) is 9.84. The van der Waals surface area contributed by atoms with Crippen LogP contribution in [0.3, 0.4) is 0 Å². The first-order valence-electron chi connectivity index (χ1n) is 3.74. The van der Waals surface area contributed by atoms with Gasteiger partial charge in [-0.15, -0.1) is 0 Å². The number of isocyanates is 1. The second kappa shape index (κ2) is 4.43. The summed E-state index contributed by atoms with van der Waals surface area (Å²) in [7, 11) is 0. The van der Waals surface area contributed by atoms with Gasteiger partial charge in [-0.25, -0.2) is 4.79 Å². The van der Waals surface area contributed by atoms with Crippen LogP contribution in [0.5, 0.6) is 0 Å². The molecule has 0 amide bonds. The molecule has 1 aromatic rings. The smallest absolute Gasteiger partial charge is 0.211 e. The third kappa shape index (κ3) is 2.31. The number of aliphatic imine (C=N–C) groups is 1. The lowest BCUT2D eigenvalue weighted by atomic mass is 10.1. The molecule has 4 heteroatoms.